The van der Waals surface area contributed by atoms with Gasteiger partial charge in [-0.05, 0) is 20.0 Å². The predicted molar refractivity (Wildman–Crippen MR) is 72.1 cm³/mol. The van der Waals surface area contributed by atoms with Gasteiger partial charge in [-0.2, -0.15) is 0 Å². The second kappa shape index (κ2) is 8.85. The van der Waals surface area contributed by atoms with E-state index in [0.29, 0.717) is 0 Å². The second-order valence-electron chi connectivity index (χ2n) is 3.99. The Labute approximate surface area is 111 Å². The number of nitrogens with one attached hydrogen (secondary N) is 1. The van der Waals surface area contributed by atoms with Crippen LogP contribution in [0.5, 0.6) is 0 Å². The predicted octanol–water partition coefficient (Wildman–Crippen LogP) is 0.861. The zero-order valence-electron chi connectivity index (χ0n) is 9.15. The van der Waals surface area contributed by atoms with Crippen LogP contribution < -0.4 is 5.32 Å². The average Bonchev–Trinajstić information content (AvgIpc) is 2.58. The Hall–Kier alpha value is 0.750. The highest BCUT2D eigenvalue weighted by Crippen LogP contribution is 2.10. The van der Waals surface area contributed by atoms with Gasteiger partial charge in [0.15, 0.2) is 0 Å². The Morgan fingerprint density at radius 1 is 1.00 bits per heavy atom. The fourth-order valence-corrected chi connectivity index (χ4v) is 2.14. The van der Waals surface area contributed by atoms with Crippen molar-refractivity contribution in [3.63, 3.8) is 0 Å². The topological polar surface area (TPSA) is 18.5 Å². The normalized spacial score (nSPS) is 27.4. The molecule has 3 nitrogen and oxygen atoms in total. The van der Waals surface area contributed by atoms with E-state index in [0.717, 1.165) is 6.04 Å². The largest absolute Gasteiger partial charge is 0.315 e. The van der Waals surface area contributed by atoms with E-state index in [1.165, 1.54) is 45.7 Å². The third-order valence-electron chi connectivity index (χ3n) is 3.09. The molecule has 2 aliphatic rings. The molecular weight excluding hydrogens is 256 g/mol. The number of hydrogen-bond acceptors (Lipinski definition) is 3. The second-order valence-corrected chi connectivity index (χ2v) is 3.99. The number of likely N-dealkylation sites (N-methyl/N-ethyl adjacent to an activating group) is 1. The van der Waals surface area contributed by atoms with Gasteiger partial charge in [-0.3, -0.25) is 4.90 Å². The maximum absolute atomic E-state index is 3.43. The maximum atomic E-state index is 3.43. The quantitative estimate of drug-likeness (QED) is 0.768. The van der Waals surface area contributed by atoms with E-state index in [-0.39, 0.29) is 37.2 Å². The average molecular weight is 279 g/mol. The van der Waals surface area contributed by atoms with E-state index in [1.807, 2.05) is 0 Å². The van der Waals surface area contributed by atoms with E-state index in [4.69, 9.17) is 0 Å². The van der Waals surface area contributed by atoms with E-state index in [1.54, 1.807) is 0 Å². The molecule has 1 N–H and O–H groups in total. The molecule has 0 aliphatic carbocycles. The monoisotopic (exact) mass is 277 g/mol. The minimum absolute atomic E-state index is 0. The first-order valence-electron chi connectivity index (χ1n) is 4.99. The molecule has 0 aromatic heterocycles. The molecule has 2 fully saturated rings. The first-order chi connectivity index (χ1) is 5.86. The van der Waals surface area contributed by atoms with Gasteiger partial charge in [0.1, 0.15) is 0 Å². The Kier molecular flexibility index (Phi) is 10.7. The highest BCUT2D eigenvalue weighted by atomic mass is 35.5. The van der Waals surface area contributed by atoms with Gasteiger partial charge < -0.3 is 10.2 Å². The third-order valence-corrected chi connectivity index (χ3v) is 3.09. The summed E-state index contributed by atoms with van der Waals surface area (Å²) < 4.78 is 0. The van der Waals surface area contributed by atoms with Crippen molar-refractivity contribution in [3.8, 4) is 0 Å². The summed E-state index contributed by atoms with van der Waals surface area (Å²) in [4.78, 5) is 5.05. The van der Waals surface area contributed by atoms with Gasteiger partial charge in [-0.15, -0.1) is 37.2 Å². The molecule has 0 saturated carbocycles. The van der Waals surface area contributed by atoms with Crippen LogP contribution >= 0.6 is 37.2 Å². The number of halogens is 3. The van der Waals surface area contributed by atoms with Crippen LogP contribution in [-0.2, 0) is 0 Å². The molecule has 2 rings (SSSR count). The van der Waals surface area contributed by atoms with Gasteiger partial charge in [0.2, 0.25) is 0 Å². The summed E-state index contributed by atoms with van der Waals surface area (Å²) >= 11 is 0. The molecule has 0 spiro atoms. The van der Waals surface area contributed by atoms with Crippen LogP contribution in [0, 0.1) is 0 Å². The van der Waals surface area contributed by atoms with E-state index < -0.39 is 0 Å². The Morgan fingerprint density at radius 3 is 2.07 bits per heavy atom. The van der Waals surface area contributed by atoms with Gasteiger partial charge >= 0.3 is 0 Å². The summed E-state index contributed by atoms with van der Waals surface area (Å²) in [5.74, 6) is 0. The molecule has 0 radical (unpaired) electrons. The molecule has 6 heteroatoms. The lowest BCUT2D eigenvalue weighted by molar-refractivity contribution is 0.119. The van der Waals surface area contributed by atoms with Crippen LogP contribution in [0.1, 0.15) is 6.42 Å². The van der Waals surface area contributed by atoms with Crippen molar-refractivity contribution in [1.29, 1.82) is 0 Å². The van der Waals surface area contributed by atoms with Crippen molar-refractivity contribution >= 4 is 37.2 Å². The molecule has 0 amide bonds. The van der Waals surface area contributed by atoms with Gasteiger partial charge in [0.05, 0.1) is 0 Å². The molecule has 2 heterocycles. The van der Waals surface area contributed by atoms with E-state index >= 15 is 0 Å². The Bertz CT molecular complexity index is 146. The van der Waals surface area contributed by atoms with Crippen LogP contribution in [0.3, 0.4) is 0 Å². The lowest BCUT2D eigenvalue weighted by Gasteiger charge is -2.36. The SMILES string of the molecule is CN1CCN([C@H]2CCNC2)CC1.Cl.Cl.Cl. The number of piperazine rings is 1. The minimum Gasteiger partial charge on any atom is -0.315 e. The molecule has 15 heavy (non-hydrogen) atoms. The standard InChI is InChI=1S/C9H19N3.3ClH/c1-11-4-6-12(7-5-11)9-2-3-10-8-9;;;/h9-10H,2-8H2,1H3;3*1H/t9-;;;/m0.../s1. The van der Waals surface area contributed by atoms with Crippen molar-refractivity contribution < 1.29 is 0 Å². The fraction of sp³-hybridized carbons (Fsp3) is 1.00. The van der Waals surface area contributed by atoms with Crippen LogP contribution in [0.4, 0.5) is 0 Å². The molecule has 94 valence electrons. The molecule has 0 aromatic rings. The molecule has 0 aromatic carbocycles. The molecule has 1 atom stereocenters. The summed E-state index contributed by atoms with van der Waals surface area (Å²) in [6, 6.07) is 0.832. The van der Waals surface area contributed by atoms with E-state index in [9.17, 15) is 0 Å². The minimum atomic E-state index is 0. The zero-order valence-corrected chi connectivity index (χ0v) is 11.6. The highest BCUT2D eigenvalue weighted by molar-refractivity contribution is 5.86. The number of nitrogens with zero attached hydrogens (tertiary/aromatic N) is 2. The van der Waals surface area contributed by atoms with Crippen molar-refractivity contribution in [2.24, 2.45) is 0 Å². The summed E-state index contributed by atoms with van der Waals surface area (Å²) in [6.45, 7) is 7.46. The van der Waals surface area contributed by atoms with Crippen molar-refractivity contribution in [2.75, 3.05) is 46.3 Å². The fourth-order valence-electron chi connectivity index (χ4n) is 2.14. The van der Waals surface area contributed by atoms with Crippen LogP contribution in [0.2, 0.25) is 0 Å². The lowest BCUT2D eigenvalue weighted by atomic mass is 10.2. The van der Waals surface area contributed by atoms with Crippen molar-refractivity contribution in [1.82, 2.24) is 15.1 Å². The molecule has 0 bridgehead atoms. The first-order valence-corrected chi connectivity index (χ1v) is 4.99. The molecule has 2 saturated heterocycles. The van der Waals surface area contributed by atoms with Crippen molar-refractivity contribution in [2.45, 2.75) is 12.5 Å². The Balaban J connectivity index is 0. The summed E-state index contributed by atoms with van der Waals surface area (Å²) in [5, 5.41) is 3.43. The lowest BCUT2D eigenvalue weighted by Crippen LogP contribution is -2.49. The zero-order chi connectivity index (χ0) is 8.39. The summed E-state index contributed by atoms with van der Waals surface area (Å²) in [6.07, 6.45) is 1.35. The third kappa shape index (κ3) is 5.07. The first kappa shape index (κ1) is 18.1. The molecule has 0 unspecified atom stereocenters. The summed E-state index contributed by atoms with van der Waals surface area (Å²) in [5.41, 5.74) is 0. The number of hydrogen-bond donors (Lipinski definition) is 1. The van der Waals surface area contributed by atoms with Crippen LogP contribution in [0.25, 0.3) is 0 Å². The smallest absolute Gasteiger partial charge is 0.0233 e. The molecular formula is C9H22Cl3N3. The van der Waals surface area contributed by atoms with Crippen LogP contribution in [0.15, 0.2) is 0 Å². The van der Waals surface area contributed by atoms with Crippen LogP contribution in [-0.4, -0.2) is 62.2 Å². The number of rotatable bonds is 1. The van der Waals surface area contributed by atoms with E-state index in [2.05, 4.69) is 22.2 Å². The van der Waals surface area contributed by atoms with Gasteiger partial charge in [-0.1, -0.05) is 0 Å². The summed E-state index contributed by atoms with van der Waals surface area (Å²) in [7, 11) is 2.21. The van der Waals surface area contributed by atoms with Gasteiger partial charge in [0, 0.05) is 38.8 Å². The highest BCUT2D eigenvalue weighted by Gasteiger charge is 2.24. The van der Waals surface area contributed by atoms with Crippen molar-refractivity contribution in [3.05, 3.63) is 0 Å². The van der Waals surface area contributed by atoms with Gasteiger partial charge in [0.25, 0.3) is 0 Å². The Morgan fingerprint density at radius 2 is 1.60 bits per heavy atom. The molecule has 2 aliphatic heterocycles. The maximum Gasteiger partial charge on any atom is 0.0233 e. The van der Waals surface area contributed by atoms with Gasteiger partial charge in [-0.25, -0.2) is 0 Å².